The number of unbranched alkanes of at least 4 members (excludes halogenated alkanes) is 1. The summed E-state index contributed by atoms with van der Waals surface area (Å²) < 4.78 is 32.8. The number of allylic oxidation sites excluding steroid dienone is 2. The van der Waals surface area contributed by atoms with E-state index >= 15 is 0 Å². The third-order valence-electron chi connectivity index (χ3n) is 11.0. The molecule has 0 heterocycles. The number of methoxy groups -OCH3 is 1. The number of ether oxygens (including phenoxy) is 3. The van der Waals surface area contributed by atoms with E-state index in [4.69, 9.17) is 23.1 Å². The van der Waals surface area contributed by atoms with Crippen LogP contribution in [-0.2, 0) is 34.5 Å². The number of Topliss-reactive ketones (excluding diaryl/α,β-unsaturated/α-hetero) is 1. The van der Waals surface area contributed by atoms with Crippen LogP contribution in [0.2, 0.25) is 23.2 Å². The lowest BCUT2D eigenvalue weighted by Gasteiger charge is -2.44. The van der Waals surface area contributed by atoms with Crippen LogP contribution in [0.3, 0.4) is 0 Å². The standard InChI is InChI=1S/C47H68O7Si2/c1-14-15-18-23-35(2)45(49)53-40(34-52-56(47(8,9)10,41-24-19-16-20-25-41)42-26-21-17-22-27-42)32-36(3)43(54-55(12,13)46(5,6)7)44(37(4)48)51-33-38-28-30-39(50-11)31-29-38/h14,16-17,19-31,36,40,43-44H,1,15,18,32-34H2,2-13H3/b35-23+/t36-,40-,43+,44+/m1/s1. The minimum atomic E-state index is -2.98. The molecule has 0 amide bonds. The van der Waals surface area contributed by atoms with Gasteiger partial charge in [-0.3, -0.25) is 4.79 Å². The molecule has 0 aliphatic rings. The Morgan fingerprint density at radius 2 is 1.36 bits per heavy atom. The van der Waals surface area contributed by atoms with Crippen molar-refractivity contribution in [3.63, 3.8) is 0 Å². The van der Waals surface area contributed by atoms with Gasteiger partial charge >= 0.3 is 5.97 Å². The van der Waals surface area contributed by atoms with E-state index in [1.165, 1.54) is 0 Å². The molecule has 0 aliphatic carbocycles. The lowest BCUT2D eigenvalue weighted by molar-refractivity contribution is -0.150. The number of esters is 1. The fourth-order valence-corrected chi connectivity index (χ4v) is 12.7. The second kappa shape index (κ2) is 20.7. The summed E-state index contributed by atoms with van der Waals surface area (Å²) in [5, 5.41) is 1.87. The molecule has 0 radical (unpaired) electrons. The van der Waals surface area contributed by atoms with Crippen molar-refractivity contribution in [3.8, 4) is 5.75 Å². The van der Waals surface area contributed by atoms with Gasteiger partial charge < -0.3 is 23.1 Å². The Kier molecular flexibility index (Phi) is 17.3. The molecule has 0 aromatic heterocycles. The lowest BCUT2D eigenvalue weighted by atomic mass is 9.92. The van der Waals surface area contributed by atoms with Crippen molar-refractivity contribution in [1.29, 1.82) is 0 Å². The first kappa shape index (κ1) is 46.8. The fraction of sp³-hybridized carbons (Fsp3) is 0.489. The van der Waals surface area contributed by atoms with Gasteiger partial charge in [0, 0.05) is 5.57 Å². The molecule has 0 saturated heterocycles. The number of carbonyl (C=O) groups excluding carboxylic acids is 2. The monoisotopic (exact) mass is 800 g/mol. The fourth-order valence-electron chi connectivity index (χ4n) is 6.77. The summed E-state index contributed by atoms with van der Waals surface area (Å²) in [6.07, 6.45) is 3.47. The maximum absolute atomic E-state index is 13.8. The molecule has 0 bridgehead atoms. The van der Waals surface area contributed by atoms with Crippen LogP contribution in [0.15, 0.2) is 109 Å². The maximum atomic E-state index is 13.8. The largest absolute Gasteiger partial charge is 0.497 e. The van der Waals surface area contributed by atoms with Crippen molar-refractivity contribution < 1.29 is 32.7 Å². The first-order valence-electron chi connectivity index (χ1n) is 19.9. The van der Waals surface area contributed by atoms with Crippen LogP contribution in [0.4, 0.5) is 0 Å². The molecule has 3 rings (SSSR count). The number of rotatable bonds is 21. The van der Waals surface area contributed by atoms with Crippen molar-refractivity contribution in [2.24, 2.45) is 5.92 Å². The molecule has 0 aliphatic heterocycles. The van der Waals surface area contributed by atoms with Crippen molar-refractivity contribution in [2.75, 3.05) is 13.7 Å². The normalized spacial score (nSPS) is 15.0. The third-order valence-corrected chi connectivity index (χ3v) is 20.5. The number of carbonyl (C=O) groups is 2. The van der Waals surface area contributed by atoms with Crippen molar-refractivity contribution in [2.45, 2.75) is 130 Å². The predicted octanol–water partition coefficient (Wildman–Crippen LogP) is 9.99. The van der Waals surface area contributed by atoms with Gasteiger partial charge in [-0.25, -0.2) is 4.79 Å². The van der Waals surface area contributed by atoms with E-state index in [-0.39, 0.29) is 35.0 Å². The molecular formula is C47H68O7Si2. The van der Waals surface area contributed by atoms with Gasteiger partial charge in [0.1, 0.15) is 18.0 Å². The Morgan fingerprint density at radius 3 is 1.82 bits per heavy atom. The predicted molar refractivity (Wildman–Crippen MR) is 235 cm³/mol. The second-order valence-corrected chi connectivity index (χ2v) is 26.6. The molecule has 0 saturated carbocycles. The highest BCUT2D eigenvalue weighted by molar-refractivity contribution is 6.99. The van der Waals surface area contributed by atoms with Gasteiger partial charge in [0.05, 0.1) is 26.4 Å². The zero-order chi connectivity index (χ0) is 41.7. The van der Waals surface area contributed by atoms with Gasteiger partial charge in [-0.1, -0.05) is 133 Å². The quantitative estimate of drug-likeness (QED) is 0.0349. The minimum absolute atomic E-state index is 0.118. The Morgan fingerprint density at radius 1 is 0.804 bits per heavy atom. The molecule has 3 aromatic rings. The summed E-state index contributed by atoms with van der Waals surface area (Å²) in [6, 6.07) is 28.5. The summed E-state index contributed by atoms with van der Waals surface area (Å²) in [5.74, 6) is -0.0268. The van der Waals surface area contributed by atoms with Crippen LogP contribution < -0.4 is 15.1 Å². The molecule has 0 spiro atoms. The highest BCUT2D eigenvalue weighted by Crippen LogP contribution is 2.40. The Bertz CT molecular complexity index is 1670. The summed E-state index contributed by atoms with van der Waals surface area (Å²) in [4.78, 5) is 27.4. The van der Waals surface area contributed by atoms with E-state index < -0.39 is 40.9 Å². The SMILES string of the molecule is C=CCC/C=C(\C)C(=O)O[C@@H](CO[Si](c1ccccc1)(c1ccccc1)C(C)(C)C)C[C@@H](C)[C@H](O[Si](C)(C)C(C)(C)C)[C@@H](OCc1ccc(OC)cc1)C(C)=O. The second-order valence-electron chi connectivity index (χ2n) is 17.5. The highest BCUT2D eigenvalue weighted by Gasteiger charge is 2.51. The van der Waals surface area contributed by atoms with Crippen LogP contribution in [0, 0.1) is 5.92 Å². The molecular weight excluding hydrogens is 733 g/mol. The molecule has 4 atom stereocenters. The van der Waals surface area contributed by atoms with Gasteiger partial charge in [0.15, 0.2) is 14.1 Å². The lowest BCUT2D eigenvalue weighted by Crippen LogP contribution is -2.67. The van der Waals surface area contributed by atoms with E-state index in [2.05, 4.69) is 117 Å². The molecule has 56 heavy (non-hydrogen) atoms. The van der Waals surface area contributed by atoms with E-state index in [0.29, 0.717) is 18.4 Å². The molecule has 0 unspecified atom stereocenters. The van der Waals surface area contributed by atoms with Crippen LogP contribution in [0.5, 0.6) is 5.75 Å². The van der Waals surface area contributed by atoms with Crippen LogP contribution in [-0.4, -0.2) is 60.4 Å². The van der Waals surface area contributed by atoms with Gasteiger partial charge in [-0.05, 0) is 90.3 Å². The minimum Gasteiger partial charge on any atom is -0.497 e. The molecule has 9 heteroatoms. The summed E-state index contributed by atoms with van der Waals surface area (Å²) in [7, 11) is -3.79. The Balaban J connectivity index is 2.10. The topological polar surface area (TPSA) is 80.3 Å². The molecule has 3 aromatic carbocycles. The van der Waals surface area contributed by atoms with Gasteiger partial charge in [0.25, 0.3) is 8.32 Å². The zero-order valence-corrected chi connectivity index (χ0v) is 38.1. The number of ketones is 1. The van der Waals surface area contributed by atoms with Crippen LogP contribution in [0.1, 0.15) is 87.1 Å². The van der Waals surface area contributed by atoms with Gasteiger partial charge in [-0.15, -0.1) is 6.58 Å². The summed E-state index contributed by atoms with van der Waals surface area (Å²) in [5.41, 5.74) is 1.45. The average Bonchev–Trinajstić information content (AvgIpc) is 3.14. The zero-order valence-electron chi connectivity index (χ0n) is 36.1. The number of hydrogen-bond acceptors (Lipinski definition) is 7. The summed E-state index contributed by atoms with van der Waals surface area (Å²) >= 11 is 0. The first-order chi connectivity index (χ1) is 26.3. The van der Waals surface area contributed by atoms with E-state index in [0.717, 1.165) is 28.1 Å². The van der Waals surface area contributed by atoms with E-state index in [9.17, 15) is 9.59 Å². The van der Waals surface area contributed by atoms with Gasteiger partial charge in [0.2, 0.25) is 0 Å². The Hall–Kier alpha value is -3.61. The molecule has 0 N–H and O–H groups in total. The van der Waals surface area contributed by atoms with E-state index in [1.54, 1.807) is 21.0 Å². The number of hydrogen-bond donors (Lipinski definition) is 0. The Labute approximate surface area is 340 Å². The van der Waals surface area contributed by atoms with E-state index in [1.807, 2.05) is 48.6 Å². The first-order valence-corrected chi connectivity index (χ1v) is 24.8. The maximum Gasteiger partial charge on any atom is 0.333 e. The molecule has 0 fully saturated rings. The van der Waals surface area contributed by atoms with Crippen molar-refractivity contribution in [3.05, 3.63) is 115 Å². The van der Waals surface area contributed by atoms with Gasteiger partial charge in [-0.2, -0.15) is 0 Å². The smallest absolute Gasteiger partial charge is 0.333 e. The highest BCUT2D eigenvalue weighted by atomic mass is 28.4. The number of benzene rings is 3. The van der Waals surface area contributed by atoms with Crippen molar-refractivity contribution in [1.82, 2.24) is 0 Å². The molecule has 306 valence electrons. The van der Waals surface area contributed by atoms with Crippen LogP contribution >= 0.6 is 0 Å². The third kappa shape index (κ3) is 12.4. The van der Waals surface area contributed by atoms with Crippen LogP contribution in [0.25, 0.3) is 0 Å². The van der Waals surface area contributed by atoms with Crippen molar-refractivity contribution >= 4 is 38.8 Å². The summed E-state index contributed by atoms with van der Waals surface area (Å²) in [6.45, 7) is 27.3. The molecule has 7 nitrogen and oxygen atoms in total. The average molecular weight is 801 g/mol.